The van der Waals surface area contributed by atoms with Crippen molar-refractivity contribution in [3.63, 3.8) is 0 Å². The van der Waals surface area contributed by atoms with Crippen molar-refractivity contribution < 1.29 is 9.73 Å². The van der Waals surface area contributed by atoms with Gasteiger partial charge in [-0.25, -0.2) is 0 Å². The van der Waals surface area contributed by atoms with E-state index in [9.17, 15) is 0 Å². The molecule has 0 saturated carbocycles. The molecule has 4 N–H and O–H groups in total. The molecular weight excluding hydrogens is 360 g/mol. The minimum absolute atomic E-state index is 0.414. The van der Waals surface area contributed by atoms with E-state index < -0.39 is 20.7 Å². The van der Waals surface area contributed by atoms with Crippen molar-refractivity contribution in [2.75, 3.05) is 20.2 Å². The molecule has 0 aliphatic carbocycles. The molecule has 1 unspecified atom stereocenters. The number of hydrogen-bond acceptors (Lipinski definition) is 2. The molecule has 0 aliphatic heterocycles. The molecule has 110 valence electrons. The summed E-state index contributed by atoms with van der Waals surface area (Å²) in [5, 5.41) is 0. The molecule has 0 saturated heterocycles. The number of ether oxygens (including phenoxy) is 1. The van der Waals surface area contributed by atoms with E-state index in [1.165, 1.54) is 44.9 Å². The molecule has 0 aromatic carbocycles. The van der Waals surface area contributed by atoms with Crippen molar-refractivity contribution in [1.82, 2.24) is 3.53 Å². The first-order chi connectivity index (χ1) is 9.16. The number of hydrogen-bond donors (Lipinski definition) is 3. The number of nitrogens with one attached hydrogen (secondary N) is 2. The van der Waals surface area contributed by atoms with Crippen molar-refractivity contribution in [2.24, 2.45) is 5.73 Å². The Hall–Kier alpha value is 0.390. The zero-order valence-electron chi connectivity index (χ0n) is 12.5. The summed E-state index contributed by atoms with van der Waals surface area (Å²) in [5.41, 5.74) is 5.48. The van der Waals surface area contributed by atoms with Crippen LogP contribution in [0.3, 0.4) is 0 Å². The second-order valence-corrected chi connectivity index (χ2v) is 7.17. The average Bonchev–Trinajstić information content (AvgIpc) is 2.39. The monoisotopic (exact) mass is 392 g/mol. The van der Waals surface area contributed by atoms with E-state index in [2.05, 4.69) is 15.4 Å². The third-order valence-electron chi connectivity index (χ3n) is 2.79. The Labute approximate surface area is 125 Å². The smallest absolute Gasteiger partial charge is 0.435 e. The fraction of sp³-hybridized carbons (Fsp3) is 0.917. The average molecular weight is 392 g/mol. The molecule has 1 atom stereocenters. The summed E-state index contributed by atoms with van der Waals surface area (Å²) in [6.45, 7) is 4.52. The van der Waals surface area contributed by atoms with Crippen LogP contribution in [0.2, 0.25) is 0 Å². The summed E-state index contributed by atoms with van der Waals surface area (Å²) in [4.78, 5) is 3.02. The van der Waals surface area contributed by atoms with Crippen LogP contribution in [-0.4, -0.2) is 26.8 Å². The summed E-state index contributed by atoms with van der Waals surface area (Å²) in [5.74, 6) is 0. The molecule has 0 heterocycles. The Morgan fingerprint density at radius 2 is 1.78 bits per heavy atom. The van der Waals surface area contributed by atoms with Crippen molar-refractivity contribution in [3.8, 4) is 0 Å². The molecule has 4 nitrogen and oxygen atoms in total. The van der Waals surface area contributed by atoms with E-state index in [0.29, 0.717) is 6.02 Å². The zero-order chi connectivity index (χ0) is 14.3. The van der Waals surface area contributed by atoms with Crippen LogP contribution in [0.4, 0.5) is 0 Å². The van der Waals surface area contributed by atoms with Crippen LogP contribution in [0.1, 0.15) is 51.4 Å². The maximum absolute atomic E-state index is 7.43. The first-order valence-electron chi connectivity index (χ1n) is 7.14. The minimum Gasteiger partial charge on any atom is -0.435 e. The van der Waals surface area contributed by atoms with Gasteiger partial charge in [0.25, 0.3) is 0 Å². The molecule has 0 amide bonds. The number of amidine groups is 1. The Morgan fingerprint density at radius 3 is 2.33 bits per heavy atom. The molecular formula is C12H30IN3OP+. The summed E-state index contributed by atoms with van der Waals surface area (Å²) in [6, 6.07) is 0.414. The molecule has 6 heteroatoms. The van der Waals surface area contributed by atoms with Gasteiger partial charge in [-0.2, -0.15) is 0 Å². The quantitative estimate of drug-likeness (QED) is 0.117. The molecule has 0 radical (unpaired) electrons. The van der Waals surface area contributed by atoms with Gasteiger partial charge in [0.1, 0.15) is 0 Å². The molecule has 0 fully saturated rings. The van der Waals surface area contributed by atoms with Crippen molar-refractivity contribution in [2.45, 2.75) is 51.4 Å². The fourth-order valence-corrected chi connectivity index (χ4v) is 3.14. The Balaban J connectivity index is 3.07. The first-order valence-corrected chi connectivity index (χ1v) is 12.0. The minimum atomic E-state index is -1.52. The maximum atomic E-state index is 7.43. The third-order valence-corrected chi connectivity index (χ3v) is 4.81. The van der Waals surface area contributed by atoms with Crippen molar-refractivity contribution in [1.29, 1.82) is 0.594 Å². The Kier molecular flexibility index (Phi) is 14.1. The Morgan fingerprint density at radius 1 is 1.22 bits per heavy atom. The molecule has 0 bridgehead atoms. The van der Waals surface area contributed by atoms with E-state index in [-0.39, 0.29) is 0 Å². The van der Waals surface area contributed by atoms with Gasteiger partial charge < -0.3 is 4.74 Å². The van der Waals surface area contributed by atoms with E-state index >= 15 is 0 Å². The predicted molar refractivity (Wildman–Crippen MR) is 92.1 cm³/mol. The van der Waals surface area contributed by atoms with Gasteiger partial charge in [-0.05, 0) is 0 Å². The molecule has 0 aromatic rings. The first kappa shape index (κ1) is 16.4. The van der Waals surface area contributed by atoms with Crippen LogP contribution < -0.4 is 14.3 Å². The van der Waals surface area contributed by atoms with Gasteiger partial charge in [0, 0.05) is 0 Å². The third kappa shape index (κ3) is 14.5. The number of methoxy groups -OCH3 is 1. The molecule has 0 aliphatic rings. The van der Waals surface area contributed by atoms with Crippen LogP contribution in [0.5, 0.6) is 0 Å². The van der Waals surface area contributed by atoms with Crippen LogP contribution >= 0.6 is 27.6 Å². The van der Waals surface area contributed by atoms with E-state index in [1.807, 2.05) is 0 Å². The van der Waals surface area contributed by atoms with Gasteiger partial charge in [-0.3, -0.25) is 5.73 Å². The molecule has 0 aromatic heterocycles. The summed E-state index contributed by atoms with van der Waals surface area (Å²) < 4.78 is 15.5. The topological polar surface area (TPSA) is 61.2 Å². The summed E-state index contributed by atoms with van der Waals surface area (Å²) >= 11 is -1.52. The number of halogens is 1. The van der Waals surface area contributed by atoms with Gasteiger partial charge in [0.15, 0.2) is 0 Å². The normalized spacial score (nSPS) is 13.3. The van der Waals surface area contributed by atoms with Gasteiger partial charge >= 0.3 is 107 Å². The summed E-state index contributed by atoms with van der Waals surface area (Å²) in [7, 11) is 1.57. The van der Waals surface area contributed by atoms with E-state index in [1.54, 1.807) is 7.11 Å². The SMILES string of the molecule is [3H]I(P)NCCCCCCCCCC[NH+]=C(N)OC. The molecule has 0 spiro atoms. The van der Waals surface area contributed by atoms with Crippen molar-refractivity contribution in [3.05, 3.63) is 0 Å². The number of rotatable bonds is 12. The summed E-state index contributed by atoms with van der Waals surface area (Å²) in [6.07, 6.45) is 10.2. The van der Waals surface area contributed by atoms with Crippen LogP contribution in [0, 0.1) is 0 Å². The van der Waals surface area contributed by atoms with Crippen molar-refractivity contribution >= 4 is 33.6 Å². The van der Waals surface area contributed by atoms with Gasteiger partial charge in [-0.15, -0.1) is 0 Å². The van der Waals surface area contributed by atoms with E-state index in [0.717, 1.165) is 19.5 Å². The van der Waals surface area contributed by atoms with Crippen LogP contribution in [0.25, 0.3) is 0 Å². The second-order valence-electron chi connectivity index (χ2n) is 4.32. The Bertz CT molecular complexity index is 233. The number of nitrogens with two attached hydrogens (primary N) is 1. The van der Waals surface area contributed by atoms with Gasteiger partial charge in [-0.1, -0.05) is 0 Å². The fourth-order valence-electron chi connectivity index (χ4n) is 1.72. The number of unbranched alkanes of at least 4 members (excludes halogenated alkanes) is 7. The van der Waals surface area contributed by atoms with Gasteiger partial charge in [0.2, 0.25) is 0 Å². The van der Waals surface area contributed by atoms with Crippen LogP contribution in [0.15, 0.2) is 0 Å². The van der Waals surface area contributed by atoms with E-state index in [4.69, 9.17) is 11.1 Å². The second kappa shape index (κ2) is 15.4. The standard InChI is InChI=1S/C12H29IN3OP/c1-17-12(14)15-10-8-6-4-2-3-5-7-9-11-16-13-18/h13,16H,2-11,18H2,1H3,(H2,14,15)/p+1/i13T. The molecule has 18 heavy (non-hydrogen) atoms. The zero-order valence-corrected chi connectivity index (χ0v) is 14.8. The van der Waals surface area contributed by atoms with Crippen LogP contribution in [-0.2, 0) is 4.74 Å². The molecule has 0 rings (SSSR count). The predicted octanol–water partition coefficient (Wildman–Crippen LogP) is 1.15. The van der Waals surface area contributed by atoms with Gasteiger partial charge in [0.05, 0.1) is 7.11 Å².